The molecule has 3 unspecified atom stereocenters. The van der Waals surface area contributed by atoms with Gasteiger partial charge in [0.2, 0.25) is 0 Å². The van der Waals surface area contributed by atoms with Crippen molar-refractivity contribution in [2.45, 2.75) is 31.5 Å². The first-order valence-corrected chi connectivity index (χ1v) is 3.99. The predicted octanol–water partition coefficient (Wildman–Crippen LogP) is 0.674. The number of nitroso groups, excluding NO2 is 2. The summed E-state index contributed by atoms with van der Waals surface area (Å²) in [5.41, 5.74) is 0. The number of aliphatic hydroxyl groups excluding tert-OH is 1. The van der Waals surface area contributed by atoms with Crippen LogP contribution in [-0.2, 0) is 4.74 Å². The van der Waals surface area contributed by atoms with Crippen molar-refractivity contribution in [3.8, 4) is 0 Å². The quantitative estimate of drug-likeness (QED) is 0.597. The number of hydrogen-bond donors (Lipinski definition) is 1. The molecule has 0 aliphatic carbocycles. The summed E-state index contributed by atoms with van der Waals surface area (Å²) in [5, 5.41) is 14.1. The molecule has 0 rings (SSSR count). The minimum Gasteiger partial charge on any atom is -0.396 e. The topological polar surface area (TPSA) is 88.3 Å². The number of aliphatic hydroxyl groups is 1. The molecule has 6 nitrogen and oxygen atoms in total. The van der Waals surface area contributed by atoms with E-state index < -0.39 is 18.2 Å². The number of hydrogen-bond acceptors (Lipinski definition) is 6. The van der Waals surface area contributed by atoms with E-state index in [2.05, 4.69) is 10.4 Å². The van der Waals surface area contributed by atoms with E-state index in [4.69, 9.17) is 9.84 Å². The zero-order valence-electron chi connectivity index (χ0n) is 7.71. The highest BCUT2D eigenvalue weighted by Gasteiger charge is 2.28. The first kappa shape index (κ1) is 12.1. The molecular weight excluding hydrogens is 176 g/mol. The molecule has 0 aliphatic rings. The van der Waals surface area contributed by atoms with Crippen molar-refractivity contribution in [3.63, 3.8) is 0 Å². The van der Waals surface area contributed by atoms with Gasteiger partial charge < -0.3 is 9.84 Å². The van der Waals surface area contributed by atoms with Crippen LogP contribution < -0.4 is 0 Å². The fourth-order valence-electron chi connectivity index (χ4n) is 1.03. The van der Waals surface area contributed by atoms with E-state index in [1.54, 1.807) is 6.92 Å². The molecule has 3 atom stereocenters. The summed E-state index contributed by atoms with van der Waals surface area (Å²) in [7, 11) is 1.42. The minimum atomic E-state index is -0.824. The van der Waals surface area contributed by atoms with Crippen LogP contribution in [-0.4, -0.2) is 37.0 Å². The molecule has 1 N–H and O–H groups in total. The van der Waals surface area contributed by atoms with Crippen LogP contribution in [0.15, 0.2) is 10.4 Å². The summed E-state index contributed by atoms with van der Waals surface area (Å²) < 4.78 is 4.86. The van der Waals surface area contributed by atoms with Crippen LogP contribution in [0.25, 0.3) is 0 Å². The van der Waals surface area contributed by atoms with Crippen LogP contribution >= 0.6 is 0 Å². The molecule has 0 heterocycles. The summed E-state index contributed by atoms with van der Waals surface area (Å²) in [6.07, 6.45) is -0.333. The lowest BCUT2D eigenvalue weighted by Gasteiger charge is -2.19. The highest BCUT2D eigenvalue weighted by Crippen LogP contribution is 2.13. The van der Waals surface area contributed by atoms with E-state index in [1.165, 1.54) is 7.11 Å². The number of rotatable bonds is 7. The van der Waals surface area contributed by atoms with Gasteiger partial charge in [-0.25, -0.2) is 0 Å². The molecule has 0 aromatic heterocycles. The Labute approximate surface area is 76.2 Å². The van der Waals surface area contributed by atoms with E-state index >= 15 is 0 Å². The molecule has 0 spiro atoms. The highest BCUT2D eigenvalue weighted by molar-refractivity contribution is 4.86. The van der Waals surface area contributed by atoms with Gasteiger partial charge >= 0.3 is 0 Å². The second-order valence-corrected chi connectivity index (χ2v) is 2.72. The minimum absolute atomic E-state index is 0.133. The van der Waals surface area contributed by atoms with Gasteiger partial charge in [0.05, 0.1) is 6.10 Å². The fourth-order valence-corrected chi connectivity index (χ4v) is 1.03. The normalized spacial score (nSPS) is 17.5. The molecule has 0 amide bonds. The maximum atomic E-state index is 10.4. The maximum absolute atomic E-state index is 10.4. The molecule has 0 saturated carbocycles. The summed E-state index contributed by atoms with van der Waals surface area (Å²) in [6, 6.07) is -1.63. The van der Waals surface area contributed by atoms with E-state index in [9.17, 15) is 9.81 Å². The largest absolute Gasteiger partial charge is 0.396 e. The second-order valence-electron chi connectivity index (χ2n) is 2.72. The van der Waals surface area contributed by atoms with Gasteiger partial charge in [-0.3, -0.25) is 0 Å². The Morgan fingerprint density at radius 1 is 1.38 bits per heavy atom. The van der Waals surface area contributed by atoms with Crippen molar-refractivity contribution < 1.29 is 9.84 Å². The standard InChI is InChI=1S/C7H14N2O4/c1-5(13-2)7(9-12)6(8-11)3-4-10/h5-7,10H,3-4H2,1-2H3. The summed E-state index contributed by atoms with van der Waals surface area (Å²) in [5.74, 6) is 0. The average Bonchev–Trinajstić information content (AvgIpc) is 2.17. The molecule has 0 aromatic carbocycles. The molecule has 0 aliphatic heterocycles. The van der Waals surface area contributed by atoms with Gasteiger partial charge in [0.15, 0.2) is 0 Å². The summed E-state index contributed by atoms with van der Waals surface area (Å²) in [4.78, 5) is 20.7. The SMILES string of the molecule is COC(C)C(N=O)C(CCO)N=O. The predicted molar refractivity (Wildman–Crippen MR) is 47.3 cm³/mol. The zero-order chi connectivity index (χ0) is 10.3. The average molecular weight is 190 g/mol. The van der Waals surface area contributed by atoms with Gasteiger partial charge in [0.25, 0.3) is 0 Å². The van der Waals surface area contributed by atoms with Crippen LogP contribution in [0.4, 0.5) is 0 Å². The Morgan fingerprint density at radius 2 is 2.00 bits per heavy atom. The number of ether oxygens (including phenoxy) is 1. The third-order valence-electron chi connectivity index (χ3n) is 1.93. The van der Waals surface area contributed by atoms with Crippen molar-refractivity contribution >= 4 is 0 Å². The van der Waals surface area contributed by atoms with Gasteiger partial charge in [-0.1, -0.05) is 10.4 Å². The van der Waals surface area contributed by atoms with Crippen LogP contribution in [0, 0.1) is 9.81 Å². The van der Waals surface area contributed by atoms with Crippen molar-refractivity contribution in [1.29, 1.82) is 0 Å². The van der Waals surface area contributed by atoms with Crippen molar-refractivity contribution in [2.75, 3.05) is 13.7 Å². The van der Waals surface area contributed by atoms with Gasteiger partial charge in [-0.15, -0.1) is 0 Å². The van der Waals surface area contributed by atoms with E-state index in [0.29, 0.717) is 0 Å². The van der Waals surface area contributed by atoms with Crippen LogP contribution in [0.1, 0.15) is 13.3 Å². The van der Waals surface area contributed by atoms with E-state index in [1.807, 2.05) is 0 Å². The second kappa shape index (κ2) is 6.62. The van der Waals surface area contributed by atoms with Gasteiger partial charge in [-0.2, -0.15) is 9.81 Å². The molecule has 0 fully saturated rings. The molecule has 0 saturated heterocycles. The molecule has 0 radical (unpaired) electrons. The zero-order valence-corrected chi connectivity index (χ0v) is 7.71. The molecule has 76 valence electrons. The first-order chi connectivity index (χ1) is 6.21. The van der Waals surface area contributed by atoms with Gasteiger partial charge in [-0.05, 0) is 13.3 Å². The van der Waals surface area contributed by atoms with E-state index in [0.717, 1.165) is 0 Å². The molecule has 0 bridgehead atoms. The van der Waals surface area contributed by atoms with E-state index in [-0.39, 0.29) is 13.0 Å². The molecule has 6 heteroatoms. The summed E-state index contributed by atoms with van der Waals surface area (Å²) in [6.45, 7) is 1.43. The number of methoxy groups -OCH3 is 1. The van der Waals surface area contributed by atoms with Gasteiger partial charge in [0.1, 0.15) is 12.1 Å². The third kappa shape index (κ3) is 3.56. The lowest BCUT2D eigenvalue weighted by Crippen LogP contribution is -2.34. The Bertz CT molecular complexity index is 165. The fraction of sp³-hybridized carbons (Fsp3) is 1.00. The Kier molecular flexibility index (Phi) is 6.17. The molecular formula is C7H14N2O4. The molecule has 0 aromatic rings. The maximum Gasteiger partial charge on any atom is 0.143 e. The lowest BCUT2D eigenvalue weighted by molar-refractivity contribution is 0.0842. The first-order valence-electron chi connectivity index (χ1n) is 3.99. The monoisotopic (exact) mass is 190 g/mol. The Morgan fingerprint density at radius 3 is 2.31 bits per heavy atom. The Hall–Kier alpha value is -0.880. The highest BCUT2D eigenvalue weighted by atomic mass is 16.5. The summed E-state index contributed by atoms with van der Waals surface area (Å²) >= 11 is 0. The Balaban J connectivity index is 4.32. The third-order valence-corrected chi connectivity index (χ3v) is 1.93. The van der Waals surface area contributed by atoms with Crippen LogP contribution in [0.5, 0.6) is 0 Å². The van der Waals surface area contributed by atoms with Gasteiger partial charge in [0, 0.05) is 13.7 Å². The number of nitrogens with zero attached hydrogens (tertiary/aromatic N) is 2. The van der Waals surface area contributed by atoms with Crippen LogP contribution in [0.2, 0.25) is 0 Å². The van der Waals surface area contributed by atoms with Crippen LogP contribution in [0.3, 0.4) is 0 Å². The van der Waals surface area contributed by atoms with Crippen molar-refractivity contribution in [3.05, 3.63) is 9.81 Å². The van der Waals surface area contributed by atoms with Crippen molar-refractivity contribution in [2.24, 2.45) is 10.4 Å². The van der Waals surface area contributed by atoms with Crippen molar-refractivity contribution in [1.82, 2.24) is 0 Å². The smallest absolute Gasteiger partial charge is 0.143 e. The molecule has 13 heavy (non-hydrogen) atoms. The lowest BCUT2D eigenvalue weighted by atomic mass is 10.0.